The van der Waals surface area contributed by atoms with E-state index in [1.165, 1.54) is 13.8 Å². The lowest BCUT2D eigenvalue weighted by atomic mass is 9.98. The third-order valence-corrected chi connectivity index (χ3v) is 18.6. The van der Waals surface area contributed by atoms with Gasteiger partial charge >= 0.3 is 29.8 Å². The molecule has 3 unspecified atom stereocenters. The maximum Gasteiger partial charge on any atom is 0.329 e. The first-order chi connectivity index (χ1) is 53.7. The molecule has 0 bridgehead atoms. The average Bonchev–Trinajstić information content (AvgIpc) is 1.70. The maximum atomic E-state index is 14.9. The number of hydrogen-bond donors (Lipinski definition) is 20. The van der Waals surface area contributed by atoms with Crippen molar-refractivity contribution in [1.29, 1.82) is 0 Å². The molecule has 0 saturated carbocycles. The van der Waals surface area contributed by atoms with E-state index in [-0.39, 0.29) is 45.1 Å². The van der Waals surface area contributed by atoms with Crippen LogP contribution in [0.25, 0.3) is 10.9 Å². The zero-order valence-electron chi connectivity index (χ0n) is 64.8. The number of carboxylic acids is 4. The number of amides is 15. The first kappa shape index (κ1) is 96.3. The molecule has 42 heteroatoms. The van der Waals surface area contributed by atoms with Crippen LogP contribution in [0.3, 0.4) is 0 Å². The summed E-state index contributed by atoms with van der Waals surface area (Å²) in [6.45, 7) is 7.01. The number of aliphatic carboxylic acids is 4. The molecule has 1 fully saturated rings. The van der Waals surface area contributed by atoms with Gasteiger partial charge in [0.05, 0.1) is 38.8 Å². The fourth-order valence-corrected chi connectivity index (χ4v) is 11.7. The summed E-state index contributed by atoms with van der Waals surface area (Å²) in [6.07, 6.45) is -3.32. The monoisotopic (exact) mass is 1610 g/mol. The van der Waals surface area contributed by atoms with Crippen LogP contribution in [0.4, 0.5) is 0 Å². The Labute approximate surface area is 656 Å². The molecule has 15 amide bonds. The van der Waals surface area contributed by atoms with Gasteiger partial charge in [-0.05, 0) is 82.4 Å². The van der Waals surface area contributed by atoms with Gasteiger partial charge in [0, 0.05) is 49.8 Å². The highest BCUT2D eigenvalue weighted by Crippen LogP contribution is 2.21. The number of nitrogens with one attached hydrogen (secondary N) is 13. The molecule has 1 saturated heterocycles. The van der Waals surface area contributed by atoms with Gasteiger partial charge in [-0.15, -0.1) is 0 Å². The summed E-state index contributed by atoms with van der Waals surface area (Å²) in [5, 5.41) is 66.9. The van der Waals surface area contributed by atoms with Crippen molar-refractivity contribution < 1.29 is 121 Å². The van der Waals surface area contributed by atoms with Gasteiger partial charge in [0.1, 0.15) is 72.6 Å². The highest BCUT2D eigenvalue weighted by molar-refractivity contribution is 6.02. The van der Waals surface area contributed by atoms with Crippen molar-refractivity contribution >= 4 is 129 Å². The topological polar surface area (TPSA) is 673 Å². The molecule has 23 N–H and O–H groups in total. The number of nitrogens with zero attached hydrogens (tertiary/aromatic N) is 1. The molecule has 0 aliphatic carbocycles. The second-order valence-electron chi connectivity index (χ2n) is 28.0. The molecule has 3 rings (SSSR count). The van der Waals surface area contributed by atoms with E-state index in [1.807, 2.05) is 5.32 Å². The standard InChI is InChI=1S/C72H109N17O25/c1-8-36(3)18-12-10-11-13-22-53(92)79-46(28-40-33-76-42-20-15-14-19-41(40)42)67(108)82-44(23-25-56(95)96)65(106)85-48(30-52(75)91)70(111)88-61-39(6)114-72(113)60(37(4)9-2)87-66(107)45(24-26-57(97)98)83-68(109)47(29-51(74)90)80-54(93)34-77-63(104)49(31-58(99)100)86-64(105)43(21-16-17-27-73)81-69(110)50(32-59(101)102)84-62(103)38(5)78-55(94)35-89(7)71(61)112/h14-15,19-20,33,36-39,43-50,60-61,76H,8-13,16-18,21-32,34-35,73H2,1-7H3,(H2,74,90)(H2,75,91)(H,77,104)(H,78,94)(H,79,92)(H,80,93)(H,81,110)(H,82,108)(H,83,109)(H,84,103)(H,85,106)(H,86,105)(H,87,107)(H,88,111)(H,95,96)(H,97,98)(H,99,100)(H,101,102)/t36?,37?,38-,39+,43+,44+,45?,46-,47+,48-,49-,50-,60-,61-/m0/s1. The SMILES string of the molecule is CCC(C)CCCCCCC(=O)N[C@@H](Cc1c[nH]c2ccccc12)C(=O)N[C@H](CCC(=O)O)C(=O)N[C@@H](CC(N)=O)C(=O)N[C@@H]1C(=O)N(C)CC(=O)N[C@@H](C)C(=O)N[C@@H](CC(=O)O)C(=O)N[C@H](CCCCN)C(=O)N[C@@H](CC(=O)O)C(=O)NCC(=O)N[C@H](CC(N)=O)C(=O)NC(CCC(=O)O)C(=O)N[C@@H](C(C)CC)C(=O)O[C@@H]1C. The zero-order valence-corrected chi connectivity index (χ0v) is 64.8. The molecule has 2 aromatic rings. The van der Waals surface area contributed by atoms with Crippen LogP contribution in [0.2, 0.25) is 0 Å². The normalized spacial score (nSPS) is 21.7. The summed E-state index contributed by atoms with van der Waals surface area (Å²) in [6, 6.07) is -14.2. The van der Waals surface area contributed by atoms with Crippen LogP contribution in [-0.4, -0.2) is 248 Å². The van der Waals surface area contributed by atoms with Crippen molar-refractivity contribution in [1.82, 2.24) is 73.7 Å². The van der Waals surface area contributed by atoms with Gasteiger partial charge in [-0.3, -0.25) is 91.1 Å². The molecule has 0 radical (unpaired) electrons. The maximum absolute atomic E-state index is 14.9. The van der Waals surface area contributed by atoms with E-state index >= 15 is 0 Å². The predicted octanol–water partition coefficient (Wildman–Crippen LogP) is -4.43. The Morgan fingerprint density at radius 2 is 1.12 bits per heavy atom. The van der Waals surface area contributed by atoms with E-state index in [9.17, 15) is 116 Å². The predicted molar refractivity (Wildman–Crippen MR) is 401 cm³/mol. The van der Waals surface area contributed by atoms with Crippen LogP contribution in [0.5, 0.6) is 0 Å². The van der Waals surface area contributed by atoms with Crippen molar-refractivity contribution in [3.63, 3.8) is 0 Å². The number of nitrogens with two attached hydrogens (primary N) is 3. The van der Waals surface area contributed by atoms with Gasteiger partial charge in [-0.2, -0.15) is 0 Å². The van der Waals surface area contributed by atoms with E-state index in [1.54, 1.807) is 30.5 Å². The van der Waals surface area contributed by atoms with Crippen LogP contribution in [0, 0.1) is 11.8 Å². The first-order valence-electron chi connectivity index (χ1n) is 37.4. The lowest BCUT2D eigenvalue weighted by molar-refractivity contribution is -0.159. The molecule has 1 aromatic carbocycles. The number of benzene rings is 1. The van der Waals surface area contributed by atoms with E-state index in [4.69, 9.17) is 21.9 Å². The Hall–Kier alpha value is -11.9. The summed E-state index contributed by atoms with van der Waals surface area (Å²) in [4.78, 5) is 276. The fraction of sp³-hybridized carbons (Fsp3) is 0.611. The zero-order chi connectivity index (χ0) is 85.6. The second-order valence-corrected chi connectivity index (χ2v) is 28.0. The third kappa shape index (κ3) is 34.4. The number of esters is 1. The van der Waals surface area contributed by atoms with Crippen LogP contribution < -0.4 is 81.0 Å². The number of carbonyl (C=O) groups is 20. The highest BCUT2D eigenvalue weighted by atomic mass is 16.5. The summed E-state index contributed by atoms with van der Waals surface area (Å²) in [5.74, 6) is -27.1. The molecular weight excluding hydrogens is 1500 g/mol. The molecule has 0 spiro atoms. The van der Waals surface area contributed by atoms with Gasteiger partial charge in [-0.25, -0.2) is 4.79 Å². The number of cyclic esters (lactones) is 1. The molecule has 42 nitrogen and oxygen atoms in total. The van der Waals surface area contributed by atoms with Crippen molar-refractivity contribution in [3.05, 3.63) is 36.0 Å². The number of hydrogen-bond acceptors (Lipinski definition) is 22. The Morgan fingerprint density at radius 1 is 0.561 bits per heavy atom. The number of rotatable bonds is 37. The minimum absolute atomic E-state index is 0.00441. The molecule has 1 aliphatic rings. The number of ether oxygens (including phenoxy) is 1. The van der Waals surface area contributed by atoms with Crippen LogP contribution in [-0.2, 0) is 107 Å². The van der Waals surface area contributed by atoms with Crippen molar-refractivity contribution in [2.24, 2.45) is 29.0 Å². The van der Waals surface area contributed by atoms with E-state index in [0.29, 0.717) is 40.1 Å². The van der Waals surface area contributed by atoms with Crippen molar-refractivity contribution in [2.45, 2.75) is 243 Å². The van der Waals surface area contributed by atoms with Gasteiger partial charge in [0.2, 0.25) is 88.6 Å². The lowest BCUT2D eigenvalue weighted by Crippen LogP contribution is -2.62. The van der Waals surface area contributed by atoms with Crippen molar-refractivity contribution in [2.75, 3.05) is 26.7 Å². The number of para-hydroxylation sites is 1. The number of H-pyrrole nitrogens is 1. The van der Waals surface area contributed by atoms with Crippen LogP contribution in [0.15, 0.2) is 30.5 Å². The minimum atomic E-state index is -2.26. The number of likely N-dealkylation sites (N-methyl/N-ethyl adjacent to an activating group) is 1. The Kier molecular flexibility index (Phi) is 41.2. The van der Waals surface area contributed by atoms with Gasteiger partial charge in [0.25, 0.3) is 0 Å². The number of carboxylic acid groups (broad SMARTS) is 4. The quantitative estimate of drug-likeness (QED) is 0.0224. The molecule has 114 heavy (non-hydrogen) atoms. The molecular formula is C72H109N17O25. The van der Waals surface area contributed by atoms with Gasteiger partial charge < -0.3 is 116 Å². The average molecular weight is 1610 g/mol. The number of carbonyl (C=O) groups excluding carboxylic acids is 16. The Morgan fingerprint density at radius 3 is 1.72 bits per heavy atom. The smallest absolute Gasteiger partial charge is 0.329 e. The third-order valence-electron chi connectivity index (χ3n) is 18.6. The number of aromatic nitrogens is 1. The molecule has 2 heterocycles. The van der Waals surface area contributed by atoms with E-state index in [2.05, 4.69) is 77.3 Å². The number of aromatic amines is 1. The van der Waals surface area contributed by atoms with E-state index in [0.717, 1.165) is 46.6 Å². The van der Waals surface area contributed by atoms with E-state index < -0.39 is 261 Å². The number of fused-ring (bicyclic) bond motifs is 1. The lowest BCUT2D eigenvalue weighted by Gasteiger charge is -2.32. The molecule has 1 aromatic heterocycles. The summed E-state index contributed by atoms with van der Waals surface area (Å²) < 4.78 is 5.78. The van der Waals surface area contributed by atoms with Gasteiger partial charge in [-0.1, -0.05) is 84.4 Å². The summed E-state index contributed by atoms with van der Waals surface area (Å²) in [7, 11) is 0.949. The molecule has 632 valence electrons. The van der Waals surface area contributed by atoms with Crippen molar-refractivity contribution in [3.8, 4) is 0 Å². The van der Waals surface area contributed by atoms with Gasteiger partial charge in [0.15, 0.2) is 0 Å². The van der Waals surface area contributed by atoms with Crippen LogP contribution >= 0.6 is 0 Å². The van der Waals surface area contributed by atoms with Crippen LogP contribution in [0.1, 0.15) is 169 Å². The molecule has 14 atom stereocenters. The Balaban J connectivity index is 2.23. The first-order valence-corrected chi connectivity index (χ1v) is 37.4. The number of primary amides is 2. The largest absolute Gasteiger partial charge is 0.481 e. The highest BCUT2D eigenvalue weighted by Gasteiger charge is 2.41. The summed E-state index contributed by atoms with van der Waals surface area (Å²) >= 11 is 0. The fourth-order valence-electron chi connectivity index (χ4n) is 11.7. The second kappa shape index (κ2) is 48.8. The minimum Gasteiger partial charge on any atom is -0.481 e. The molecule has 1 aliphatic heterocycles. The summed E-state index contributed by atoms with van der Waals surface area (Å²) in [5.41, 5.74) is 17.9. The Bertz CT molecular complexity index is 3780. The number of unbranched alkanes of at least 4 members (excludes halogenated alkanes) is 4.